The highest BCUT2D eigenvalue weighted by atomic mass is 32.2. The van der Waals surface area contributed by atoms with Crippen molar-refractivity contribution >= 4 is 17.4 Å². The van der Waals surface area contributed by atoms with Gasteiger partial charge in [-0.3, -0.25) is 0 Å². The fraction of sp³-hybridized carbons (Fsp3) is 0.200. The summed E-state index contributed by atoms with van der Waals surface area (Å²) in [7, 11) is 0. The minimum absolute atomic E-state index is 0.204. The Morgan fingerprint density at radius 2 is 1.89 bits per heavy atom. The normalized spacial score (nSPS) is 10.6. The number of halogens is 1. The van der Waals surface area contributed by atoms with Crippen LogP contribution in [0.4, 0.5) is 10.1 Å². The van der Waals surface area contributed by atoms with Gasteiger partial charge in [-0.2, -0.15) is 0 Å². The number of hydrogen-bond donors (Lipinski definition) is 1. The molecule has 18 heavy (non-hydrogen) atoms. The first-order valence-corrected chi connectivity index (χ1v) is 6.79. The van der Waals surface area contributed by atoms with Crippen molar-refractivity contribution in [3.05, 3.63) is 58.9 Å². The predicted molar refractivity (Wildman–Crippen MR) is 76.3 cm³/mol. The van der Waals surface area contributed by atoms with E-state index in [1.807, 2.05) is 6.07 Å². The smallest absolute Gasteiger partial charge is 0.146 e. The van der Waals surface area contributed by atoms with Crippen molar-refractivity contribution in [1.29, 1.82) is 0 Å². The summed E-state index contributed by atoms with van der Waals surface area (Å²) in [6, 6.07) is 11.4. The van der Waals surface area contributed by atoms with Crippen LogP contribution < -0.4 is 5.73 Å². The number of anilines is 1. The molecule has 0 radical (unpaired) electrons. The third kappa shape index (κ3) is 3.05. The van der Waals surface area contributed by atoms with Crippen LogP contribution in [0.1, 0.15) is 16.7 Å². The summed E-state index contributed by atoms with van der Waals surface area (Å²) in [6.07, 6.45) is 0. The van der Waals surface area contributed by atoms with E-state index in [2.05, 4.69) is 32.0 Å². The van der Waals surface area contributed by atoms with E-state index in [0.717, 1.165) is 11.3 Å². The molecule has 94 valence electrons. The molecule has 2 N–H and O–H groups in total. The maximum atomic E-state index is 13.3. The van der Waals surface area contributed by atoms with E-state index in [1.165, 1.54) is 22.1 Å². The molecule has 0 unspecified atom stereocenters. The molecular formula is C15H16FNS. The number of aryl methyl sites for hydroxylation is 2. The average molecular weight is 261 g/mol. The SMILES string of the molecule is Cc1ccc(SCc2ccc(N)c(F)c2)c(C)c1. The van der Waals surface area contributed by atoms with Gasteiger partial charge in [-0.05, 0) is 43.2 Å². The first-order chi connectivity index (χ1) is 8.56. The summed E-state index contributed by atoms with van der Waals surface area (Å²) in [4.78, 5) is 1.23. The van der Waals surface area contributed by atoms with Crippen LogP contribution in [0.5, 0.6) is 0 Å². The lowest BCUT2D eigenvalue weighted by atomic mass is 10.2. The maximum Gasteiger partial charge on any atom is 0.146 e. The van der Waals surface area contributed by atoms with Crippen LogP contribution in [0.2, 0.25) is 0 Å². The van der Waals surface area contributed by atoms with Crippen molar-refractivity contribution in [3.63, 3.8) is 0 Å². The molecule has 2 aromatic rings. The highest BCUT2D eigenvalue weighted by molar-refractivity contribution is 7.98. The lowest BCUT2D eigenvalue weighted by Crippen LogP contribution is -1.92. The van der Waals surface area contributed by atoms with Gasteiger partial charge in [0.25, 0.3) is 0 Å². The summed E-state index contributed by atoms with van der Waals surface area (Å²) in [5.74, 6) is 0.412. The molecule has 0 aliphatic rings. The molecule has 0 atom stereocenters. The van der Waals surface area contributed by atoms with Gasteiger partial charge in [0.15, 0.2) is 0 Å². The van der Waals surface area contributed by atoms with Gasteiger partial charge in [-0.1, -0.05) is 23.8 Å². The van der Waals surface area contributed by atoms with Crippen LogP contribution in [-0.2, 0) is 5.75 Å². The Bertz CT molecular complexity index is 566. The molecule has 2 aromatic carbocycles. The van der Waals surface area contributed by atoms with Gasteiger partial charge in [0, 0.05) is 10.6 Å². The third-order valence-corrected chi connectivity index (χ3v) is 4.04. The van der Waals surface area contributed by atoms with E-state index in [-0.39, 0.29) is 11.5 Å². The molecule has 0 amide bonds. The fourth-order valence-corrected chi connectivity index (χ4v) is 2.74. The lowest BCUT2D eigenvalue weighted by molar-refractivity contribution is 0.631. The van der Waals surface area contributed by atoms with E-state index in [4.69, 9.17) is 5.73 Å². The van der Waals surface area contributed by atoms with Gasteiger partial charge < -0.3 is 5.73 Å². The Labute approximate surface area is 111 Å². The summed E-state index contributed by atoms with van der Waals surface area (Å²) in [5, 5.41) is 0. The second-order valence-corrected chi connectivity index (χ2v) is 5.43. The van der Waals surface area contributed by atoms with Crippen LogP contribution in [0, 0.1) is 19.7 Å². The Balaban J connectivity index is 2.09. The highest BCUT2D eigenvalue weighted by Gasteiger charge is 2.03. The number of nitrogen functional groups attached to an aromatic ring is 1. The van der Waals surface area contributed by atoms with Gasteiger partial charge in [-0.15, -0.1) is 11.8 Å². The van der Waals surface area contributed by atoms with Crippen LogP contribution in [0.25, 0.3) is 0 Å². The zero-order valence-corrected chi connectivity index (χ0v) is 11.4. The second kappa shape index (κ2) is 5.44. The lowest BCUT2D eigenvalue weighted by Gasteiger charge is -2.07. The van der Waals surface area contributed by atoms with Crippen molar-refractivity contribution in [2.45, 2.75) is 24.5 Å². The zero-order chi connectivity index (χ0) is 13.1. The van der Waals surface area contributed by atoms with Crippen molar-refractivity contribution in [1.82, 2.24) is 0 Å². The van der Waals surface area contributed by atoms with E-state index >= 15 is 0 Å². The summed E-state index contributed by atoms with van der Waals surface area (Å²) in [6.45, 7) is 4.18. The molecule has 3 heteroatoms. The van der Waals surface area contributed by atoms with Crippen LogP contribution >= 0.6 is 11.8 Å². The molecule has 0 aliphatic carbocycles. The first-order valence-electron chi connectivity index (χ1n) is 5.80. The van der Waals surface area contributed by atoms with Gasteiger partial charge >= 0.3 is 0 Å². The fourth-order valence-electron chi connectivity index (χ4n) is 1.78. The largest absolute Gasteiger partial charge is 0.396 e. The molecule has 0 fully saturated rings. The van der Waals surface area contributed by atoms with Crippen molar-refractivity contribution in [2.24, 2.45) is 0 Å². The van der Waals surface area contributed by atoms with Gasteiger partial charge in [-0.25, -0.2) is 4.39 Å². The molecule has 0 heterocycles. The van der Waals surface area contributed by atoms with E-state index < -0.39 is 0 Å². The van der Waals surface area contributed by atoms with E-state index in [0.29, 0.717) is 0 Å². The molecule has 0 aromatic heterocycles. The van der Waals surface area contributed by atoms with Gasteiger partial charge in [0.1, 0.15) is 5.82 Å². The van der Waals surface area contributed by atoms with Crippen molar-refractivity contribution in [3.8, 4) is 0 Å². The number of hydrogen-bond acceptors (Lipinski definition) is 2. The third-order valence-electron chi connectivity index (χ3n) is 2.79. The Hall–Kier alpha value is -1.48. The molecular weight excluding hydrogens is 245 g/mol. The van der Waals surface area contributed by atoms with Crippen LogP contribution in [0.3, 0.4) is 0 Å². The number of nitrogens with two attached hydrogens (primary N) is 1. The molecule has 0 bridgehead atoms. The van der Waals surface area contributed by atoms with E-state index in [9.17, 15) is 4.39 Å². The zero-order valence-electron chi connectivity index (χ0n) is 10.5. The quantitative estimate of drug-likeness (QED) is 0.658. The molecule has 0 saturated heterocycles. The number of thioether (sulfide) groups is 1. The average Bonchev–Trinajstić information content (AvgIpc) is 2.32. The topological polar surface area (TPSA) is 26.0 Å². The second-order valence-electron chi connectivity index (χ2n) is 4.41. The first kappa shape index (κ1) is 13.0. The molecule has 0 saturated carbocycles. The Kier molecular flexibility index (Phi) is 3.92. The number of rotatable bonds is 3. The molecule has 2 rings (SSSR count). The number of benzene rings is 2. The van der Waals surface area contributed by atoms with E-state index in [1.54, 1.807) is 17.8 Å². The van der Waals surface area contributed by atoms with Crippen molar-refractivity contribution < 1.29 is 4.39 Å². The summed E-state index contributed by atoms with van der Waals surface area (Å²) >= 11 is 1.72. The summed E-state index contributed by atoms with van der Waals surface area (Å²) in [5.41, 5.74) is 9.13. The highest BCUT2D eigenvalue weighted by Crippen LogP contribution is 2.27. The molecule has 1 nitrogen and oxygen atoms in total. The summed E-state index contributed by atoms with van der Waals surface area (Å²) < 4.78 is 13.3. The Morgan fingerprint density at radius 3 is 2.56 bits per heavy atom. The van der Waals surface area contributed by atoms with Crippen LogP contribution in [-0.4, -0.2) is 0 Å². The minimum atomic E-state index is -0.339. The predicted octanol–water partition coefficient (Wildman–Crippen LogP) is 4.32. The van der Waals surface area contributed by atoms with Crippen molar-refractivity contribution in [2.75, 3.05) is 5.73 Å². The molecule has 0 spiro atoms. The van der Waals surface area contributed by atoms with Crippen LogP contribution in [0.15, 0.2) is 41.3 Å². The monoisotopic (exact) mass is 261 g/mol. The standard InChI is InChI=1S/C15H16FNS/c1-10-3-6-15(11(2)7-10)18-9-12-4-5-14(17)13(16)8-12/h3-8H,9,17H2,1-2H3. The minimum Gasteiger partial charge on any atom is -0.396 e. The van der Waals surface area contributed by atoms with Gasteiger partial charge in [0.05, 0.1) is 5.69 Å². The maximum absolute atomic E-state index is 13.3. The molecule has 0 aliphatic heterocycles. The Morgan fingerprint density at radius 1 is 1.11 bits per heavy atom. The van der Waals surface area contributed by atoms with Gasteiger partial charge in [0.2, 0.25) is 0 Å².